The van der Waals surface area contributed by atoms with E-state index in [9.17, 15) is 13.6 Å². The minimum Gasteiger partial charge on any atom is -0.461 e. The molecule has 2 nitrogen and oxygen atoms in total. The smallest absolute Gasteiger partial charge is 0.310 e. The van der Waals surface area contributed by atoms with Crippen LogP contribution in [0.3, 0.4) is 0 Å². The maximum Gasteiger partial charge on any atom is 0.310 e. The lowest BCUT2D eigenvalue weighted by molar-refractivity contribution is -0.144. The fourth-order valence-electron chi connectivity index (χ4n) is 2.48. The lowest BCUT2D eigenvalue weighted by Crippen LogP contribution is -2.07. The fraction of sp³-hybridized carbons (Fsp3) is 0.0952. The number of hydrogen-bond acceptors (Lipinski definition) is 2. The van der Waals surface area contributed by atoms with E-state index < -0.39 is 11.6 Å². The molecule has 0 bridgehead atoms. The average Bonchev–Trinajstić information content (AvgIpc) is 2.64. The van der Waals surface area contributed by atoms with E-state index in [1.807, 2.05) is 30.3 Å². The van der Waals surface area contributed by atoms with Gasteiger partial charge in [0.05, 0.1) is 6.42 Å². The number of carbonyl (C=O) groups is 1. The van der Waals surface area contributed by atoms with Crippen molar-refractivity contribution in [2.75, 3.05) is 0 Å². The zero-order valence-corrected chi connectivity index (χ0v) is 13.4. The Morgan fingerprint density at radius 2 is 1.56 bits per heavy atom. The SMILES string of the molecule is O=C(Cc1ccc(-c2cc(F)ccc2F)cc1)OCc1ccccc1. The minimum absolute atomic E-state index is 0.124. The van der Waals surface area contributed by atoms with E-state index in [2.05, 4.69) is 0 Å². The summed E-state index contributed by atoms with van der Waals surface area (Å²) >= 11 is 0. The fourth-order valence-corrected chi connectivity index (χ4v) is 2.48. The highest BCUT2D eigenvalue weighted by Crippen LogP contribution is 2.24. The monoisotopic (exact) mass is 338 g/mol. The second kappa shape index (κ2) is 7.71. The second-order valence-corrected chi connectivity index (χ2v) is 5.64. The van der Waals surface area contributed by atoms with Crippen LogP contribution >= 0.6 is 0 Å². The van der Waals surface area contributed by atoms with Crippen molar-refractivity contribution in [1.29, 1.82) is 0 Å². The molecule has 126 valence electrons. The van der Waals surface area contributed by atoms with Crippen molar-refractivity contribution in [2.24, 2.45) is 0 Å². The Bertz CT molecular complexity index is 859. The Balaban J connectivity index is 1.62. The first-order valence-corrected chi connectivity index (χ1v) is 7.86. The van der Waals surface area contributed by atoms with E-state index in [4.69, 9.17) is 4.74 Å². The Kier molecular flexibility index (Phi) is 5.19. The van der Waals surface area contributed by atoms with E-state index in [0.717, 1.165) is 29.3 Å². The van der Waals surface area contributed by atoms with Crippen molar-refractivity contribution in [3.8, 4) is 11.1 Å². The molecule has 3 aromatic rings. The van der Waals surface area contributed by atoms with E-state index in [-0.39, 0.29) is 24.6 Å². The summed E-state index contributed by atoms with van der Waals surface area (Å²) in [6.45, 7) is 0.228. The molecule has 0 amide bonds. The first kappa shape index (κ1) is 16.8. The maximum atomic E-state index is 13.8. The highest BCUT2D eigenvalue weighted by molar-refractivity contribution is 5.73. The van der Waals surface area contributed by atoms with Crippen molar-refractivity contribution in [2.45, 2.75) is 13.0 Å². The highest BCUT2D eigenvalue weighted by Gasteiger charge is 2.09. The molecule has 0 atom stereocenters. The predicted octanol–water partition coefficient (Wildman–Crippen LogP) is 4.92. The molecular formula is C21H16F2O2. The third-order valence-corrected chi connectivity index (χ3v) is 3.78. The zero-order chi connectivity index (χ0) is 17.6. The van der Waals surface area contributed by atoms with E-state index in [1.165, 1.54) is 0 Å². The Hall–Kier alpha value is -3.01. The normalized spacial score (nSPS) is 10.5. The number of carbonyl (C=O) groups excluding carboxylic acids is 1. The van der Waals surface area contributed by atoms with Crippen molar-refractivity contribution >= 4 is 5.97 Å². The number of ether oxygens (including phenoxy) is 1. The summed E-state index contributed by atoms with van der Waals surface area (Å²) in [4.78, 5) is 11.9. The van der Waals surface area contributed by atoms with Gasteiger partial charge in [-0.3, -0.25) is 4.79 Å². The van der Waals surface area contributed by atoms with Crippen LogP contribution < -0.4 is 0 Å². The van der Waals surface area contributed by atoms with E-state index in [1.54, 1.807) is 24.3 Å². The molecule has 0 aliphatic rings. The molecule has 3 aromatic carbocycles. The summed E-state index contributed by atoms with van der Waals surface area (Å²) < 4.78 is 32.3. The molecule has 0 saturated carbocycles. The van der Waals surface area contributed by atoms with Gasteiger partial charge in [-0.25, -0.2) is 8.78 Å². The van der Waals surface area contributed by atoms with Crippen LogP contribution in [0.5, 0.6) is 0 Å². The molecule has 4 heteroatoms. The number of rotatable bonds is 5. The summed E-state index contributed by atoms with van der Waals surface area (Å²) in [5.74, 6) is -1.32. The van der Waals surface area contributed by atoms with Gasteiger partial charge in [0.25, 0.3) is 0 Å². The molecule has 0 spiro atoms. The van der Waals surface area contributed by atoms with Crippen LogP contribution in [0, 0.1) is 11.6 Å². The van der Waals surface area contributed by atoms with Crippen LogP contribution in [0.2, 0.25) is 0 Å². The van der Waals surface area contributed by atoms with Crippen LogP contribution in [-0.2, 0) is 22.6 Å². The van der Waals surface area contributed by atoms with Gasteiger partial charge < -0.3 is 4.74 Å². The summed E-state index contributed by atoms with van der Waals surface area (Å²) in [5, 5.41) is 0. The van der Waals surface area contributed by atoms with Gasteiger partial charge >= 0.3 is 5.97 Å². The topological polar surface area (TPSA) is 26.3 Å². The summed E-state index contributed by atoms with van der Waals surface area (Å²) in [6, 6.07) is 19.5. The van der Waals surface area contributed by atoms with E-state index in [0.29, 0.717) is 5.56 Å². The Labute approximate surface area is 144 Å². The maximum absolute atomic E-state index is 13.8. The molecule has 0 radical (unpaired) electrons. The lowest BCUT2D eigenvalue weighted by Gasteiger charge is -2.07. The molecule has 0 fully saturated rings. The molecule has 0 aliphatic carbocycles. The van der Waals surface area contributed by atoms with Gasteiger partial charge in [-0.05, 0) is 34.9 Å². The third-order valence-electron chi connectivity index (χ3n) is 3.78. The lowest BCUT2D eigenvalue weighted by atomic mass is 10.0. The average molecular weight is 338 g/mol. The number of esters is 1. The molecule has 0 aromatic heterocycles. The molecule has 0 saturated heterocycles. The summed E-state index contributed by atoms with van der Waals surface area (Å²) in [7, 11) is 0. The van der Waals surface area contributed by atoms with Crippen LogP contribution in [0.4, 0.5) is 8.78 Å². The van der Waals surface area contributed by atoms with Crippen LogP contribution in [-0.4, -0.2) is 5.97 Å². The molecule has 25 heavy (non-hydrogen) atoms. The van der Waals surface area contributed by atoms with Crippen LogP contribution in [0.25, 0.3) is 11.1 Å². The van der Waals surface area contributed by atoms with Gasteiger partial charge in [0.1, 0.15) is 18.2 Å². The quantitative estimate of drug-likeness (QED) is 0.617. The molecular weight excluding hydrogens is 322 g/mol. The van der Waals surface area contributed by atoms with Crippen molar-refractivity contribution in [1.82, 2.24) is 0 Å². The second-order valence-electron chi connectivity index (χ2n) is 5.64. The molecule has 0 aliphatic heterocycles. The van der Waals surface area contributed by atoms with Gasteiger partial charge in [-0.2, -0.15) is 0 Å². The van der Waals surface area contributed by atoms with Gasteiger partial charge in [0.15, 0.2) is 0 Å². The van der Waals surface area contributed by atoms with Gasteiger partial charge in [-0.15, -0.1) is 0 Å². The van der Waals surface area contributed by atoms with Crippen LogP contribution in [0.15, 0.2) is 72.8 Å². The summed E-state index contributed by atoms with van der Waals surface area (Å²) in [6.07, 6.45) is 0.124. The standard InChI is InChI=1S/C21H16F2O2/c22-18-10-11-20(23)19(13-18)17-8-6-15(7-9-17)12-21(24)25-14-16-4-2-1-3-5-16/h1-11,13H,12,14H2. The number of benzene rings is 3. The molecule has 0 heterocycles. The zero-order valence-electron chi connectivity index (χ0n) is 13.4. The Morgan fingerprint density at radius 3 is 2.28 bits per heavy atom. The van der Waals surface area contributed by atoms with Gasteiger partial charge in [0, 0.05) is 5.56 Å². The summed E-state index contributed by atoms with van der Waals surface area (Å²) in [5.41, 5.74) is 2.42. The van der Waals surface area contributed by atoms with Crippen molar-refractivity contribution < 1.29 is 18.3 Å². The number of hydrogen-bond donors (Lipinski definition) is 0. The highest BCUT2D eigenvalue weighted by atomic mass is 19.1. The molecule has 0 N–H and O–H groups in total. The van der Waals surface area contributed by atoms with Crippen molar-refractivity contribution in [3.63, 3.8) is 0 Å². The predicted molar refractivity (Wildman–Crippen MR) is 91.7 cm³/mol. The van der Waals surface area contributed by atoms with Crippen molar-refractivity contribution in [3.05, 3.63) is 95.6 Å². The van der Waals surface area contributed by atoms with Gasteiger partial charge in [0.2, 0.25) is 0 Å². The largest absolute Gasteiger partial charge is 0.461 e. The molecule has 3 rings (SSSR count). The number of halogens is 2. The third kappa shape index (κ3) is 4.51. The Morgan fingerprint density at radius 1 is 0.840 bits per heavy atom. The first-order chi connectivity index (χ1) is 12.1. The van der Waals surface area contributed by atoms with Crippen LogP contribution in [0.1, 0.15) is 11.1 Å². The minimum atomic E-state index is -0.495. The first-order valence-electron chi connectivity index (χ1n) is 7.86. The molecule has 0 unspecified atom stereocenters. The van der Waals surface area contributed by atoms with E-state index >= 15 is 0 Å². The van der Waals surface area contributed by atoms with Gasteiger partial charge in [-0.1, -0.05) is 54.6 Å².